The van der Waals surface area contributed by atoms with Gasteiger partial charge < -0.3 is 5.11 Å². The van der Waals surface area contributed by atoms with Gasteiger partial charge in [-0.05, 0) is 18.2 Å². The molecule has 0 aliphatic heterocycles. The fourth-order valence-corrected chi connectivity index (χ4v) is 1.93. The number of aromatic carboxylic acids is 1. The highest BCUT2D eigenvalue weighted by atomic mass is 32.2. The predicted octanol–water partition coefficient (Wildman–Crippen LogP) is 1.79. The van der Waals surface area contributed by atoms with E-state index in [2.05, 4.69) is 15.4 Å². The molecule has 2 aromatic rings. The number of carboxylic acid groups (broad SMARTS) is 1. The Labute approximate surface area is 93.7 Å². The Morgan fingerprint density at radius 3 is 2.94 bits per heavy atom. The number of carboxylic acids is 1. The van der Waals surface area contributed by atoms with Crippen molar-refractivity contribution < 1.29 is 14.3 Å². The highest BCUT2D eigenvalue weighted by Crippen LogP contribution is 2.27. The monoisotopic (exact) mass is 239 g/mol. The van der Waals surface area contributed by atoms with E-state index in [-0.39, 0.29) is 16.5 Å². The summed E-state index contributed by atoms with van der Waals surface area (Å²) in [5.74, 6) is -1.56. The first-order valence-electron chi connectivity index (χ1n) is 4.24. The molecule has 0 unspecified atom stereocenters. The Morgan fingerprint density at radius 2 is 2.25 bits per heavy atom. The van der Waals surface area contributed by atoms with Gasteiger partial charge in [-0.2, -0.15) is 5.21 Å². The second-order valence-corrected chi connectivity index (χ2v) is 3.90. The quantitative estimate of drug-likeness (QED) is 0.853. The molecule has 0 amide bonds. The molecule has 82 valence electrons. The van der Waals surface area contributed by atoms with Crippen molar-refractivity contribution in [2.45, 2.75) is 9.92 Å². The van der Waals surface area contributed by atoms with Gasteiger partial charge in [0.1, 0.15) is 5.82 Å². The molecule has 0 bridgehead atoms. The second kappa shape index (κ2) is 4.31. The molecule has 0 aliphatic rings. The van der Waals surface area contributed by atoms with Crippen LogP contribution in [0.3, 0.4) is 0 Å². The SMILES string of the molecule is O=C(O)c1n[nH]nc1Sc1cccc(F)c1. The van der Waals surface area contributed by atoms with E-state index in [1.165, 1.54) is 18.2 Å². The van der Waals surface area contributed by atoms with E-state index in [1.54, 1.807) is 6.07 Å². The summed E-state index contributed by atoms with van der Waals surface area (Å²) in [7, 11) is 0. The van der Waals surface area contributed by atoms with Crippen molar-refractivity contribution in [3.05, 3.63) is 35.8 Å². The van der Waals surface area contributed by atoms with Gasteiger partial charge in [0.05, 0.1) is 0 Å². The van der Waals surface area contributed by atoms with Crippen molar-refractivity contribution in [3.8, 4) is 0 Å². The number of carbonyl (C=O) groups is 1. The van der Waals surface area contributed by atoms with Gasteiger partial charge in [-0.3, -0.25) is 0 Å². The van der Waals surface area contributed by atoms with Crippen LogP contribution in [0.1, 0.15) is 10.5 Å². The molecular weight excluding hydrogens is 233 g/mol. The molecule has 1 heterocycles. The fraction of sp³-hybridized carbons (Fsp3) is 0. The summed E-state index contributed by atoms with van der Waals surface area (Å²) in [6.45, 7) is 0. The molecule has 0 fully saturated rings. The number of halogens is 1. The van der Waals surface area contributed by atoms with Gasteiger partial charge in [0.25, 0.3) is 0 Å². The second-order valence-electron chi connectivity index (χ2n) is 2.84. The largest absolute Gasteiger partial charge is 0.476 e. The van der Waals surface area contributed by atoms with Crippen molar-refractivity contribution in [2.75, 3.05) is 0 Å². The summed E-state index contributed by atoms with van der Waals surface area (Å²) in [6, 6.07) is 5.81. The standard InChI is InChI=1S/C9H6FN3O2S/c10-5-2-1-3-6(4-5)16-8-7(9(14)15)11-13-12-8/h1-4H,(H,14,15)(H,11,12,13). The van der Waals surface area contributed by atoms with Crippen LogP contribution in [0.25, 0.3) is 0 Å². The Morgan fingerprint density at radius 1 is 1.44 bits per heavy atom. The maximum absolute atomic E-state index is 12.9. The lowest BCUT2D eigenvalue weighted by atomic mass is 10.4. The van der Waals surface area contributed by atoms with Crippen molar-refractivity contribution in [1.82, 2.24) is 15.4 Å². The average molecular weight is 239 g/mol. The molecule has 0 atom stereocenters. The van der Waals surface area contributed by atoms with Crippen LogP contribution in [-0.2, 0) is 0 Å². The summed E-state index contributed by atoms with van der Waals surface area (Å²) in [6.07, 6.45) is 0. The molecule has 7 heteroatoms. The van der Waals surface area contributed by atoms with E-state index in [0.717, 1.165) is 11.8 Å². The Hall–Kier alpha value is -1.89. The number of aromatic nitrogens is 3. The van der Waals surface area contributed by atoms with Crippen LogP contribution in [0.2, 0.25) is 0 Å². The Kier molecular flexibility index (Phi) is 2.86. The topological polar surface area (TPSA) is 78.9 Å². The number of benzene rings is 1. The summed E-state index contributed by atoms with van der Waals surface area (Å²) in [4.78, 5) is 11.3. The van der Waals surface area contributed by atoms with Crippen LogP contribution in [-0.4, -0.2) is 26.5 Å². The number of nitrogens with one attached hydrogen (secondary N) is 1. The minimum absolute atomic E-state index is 0.172. The minimum atomic E-state index is -1.17. The van der Waals surface area contributed by atoms with Gasteiger partial charge in [0, 0.05) is 4.90 Å². The molecule has 2 rings (SSSR count). The number of hydrogen-bond acceptors (Lipinski definition) is 4. The van der Waals surface area contributed by atoms with Crippen LogP contribution in [0, 0.1) is 5.82 Å². The summed E-state index contributed by atoms with van der Waals surface area (Å²) < 4.78 is 12.9. The van der Waals surface area contributed by atoms with Gasteiger partial charge in [0.15, 0.2) is 5.03 Å². The third kappa shape index (κ3) is 2.19. The lowest BCUT2D eigenvalue weighted by Gasteiger charge is -1.97. The van der Waals surface area contributed by atoms with Crippen LogP contribution >= 0.6 is 11.8 Å². The summed E-state index contributed by atoms with van der Waals surface area (Å²) in [5, 5.41) is 18.4. The van der Waals surface area contributed by atoms with Crippen molar-refractivity contribution in [3.63, 3.8) is 0 Å². The predicted molar refractivity (Wildman–Crippen MR) is 53.9 cm³/mol. The zero-order chi connectivity index (χ0) is 11.5. The van der Waals surface area contributed by atoms with Crippen molar-refractivity contribution in [2.24, 2.45) is 0 Å². The zero-order valence-corrected chi connectivity index (χ0v) is 8.66. The molecule has 0 saturated carbocycles. The number of nitrogens with zero attached hydrogens (tertiary/aromatic N) is 2. The molecule has 2 N–H and O–H groups in total. The van der Waals surface area contributed by atoms with Crippen LogP contribution in [0.5, 0.6) is 0 Å². The first kappa shape index (κ1) is 10.6. The van der Waals surface area contributed by atoms with E-state index in [1.807, 2.05) is 0 Å². The van der Waals surface area contributed by atoms with E-state index < -0.39 is 5.97 Å². The maximum Gasteiger partial charge on any atom is 0.359 e. The van der Waals surface area contributed by atoms with E-state index in [0.29, 0.717) is 4.90 Å². The zero-order valence-electron chi connectivity index (χ0n) is 7.85. The normalized spacial score (nSPS) is 10.3. The Balaban J connectivity index is 2.27. The van der Waals surface area contributed by atoms with Gasteiger partial charge in [-0.25, -0.2) is 9.18 Å². The number of rotatable bonds is 3. The smallest absolute Gasteiger partial charge is 0.359 e. The first-order chi connectivity index (χ1) is 7.66. The number of aromatic amines is 1. The van der Waals surface area contributed by atoms with Crippen molar-refractivity contribution >= 4 is 17.7 Å². The molecule has 0 radical (unpaired) electrons. The lowest BCUT2D eigenvalue weighted by molar-refractivity contribution is 0.0686. The molecule has 0 saturated heterocycles. The van der Waals surface area contributed by atoms with Crippen LogP contribution < -0.4 is 0 Å². The van der Waals surface area contributed by atoms with E-state index in [9.17, 15) is 9.18 Å². The maximum atomic E-state index is 12.9. The number of H-pyrrole nitrogens is 1. The van der Waals surface area contributed by atoms with Crippen molar-refractivity contribution in [1.29, 1.82) is 0 Å². The average Bonchev–Trinajstić information content (AvgIpc) is 2.66. The molecule has 5 nitrogen and oxygen atoms in total. The highest BCUT2D eigenvalue weighted by Gasteiger charge is 2.16. The molecular formula is C9H6FN3O2S. The first-order valence-corrected chi connectivity index (χ1v) is 5.06. The van der Waals surface area contributed by atoms with E-state index in [4.69, 9.17) is 5.11 Å². The fourth-order valence-electron chi connectivity index (χ4n) is 1.07. The summed E-state index contributed by atoms with van der Waals surface area (Å²) in [5.41, 5.74) is -0.172. The van der Waals surface area contributed by atoms with E-state index >= 15 is 0 Å². The lowest BCUT2D eigenvalue weighted by Crippen LogP contribution is -1.98. The van der Waals surface area contributed by atoms with Gasteiger partial charge >= 0.3 is 5.97 Å². The van der Waals surface area contributed by atoms with Gasteiger partial charge in [-0.15, -0.1) is 10.2 Å². The summed E-state index contributed by atoms with van der Waals surface area (Å²) >= 11 is 1.04. The molecule has 1 aromatic carbocycles. The third-order valence-corrected chi connectivity index (χ3v) is 2.70. The highest BCUT2D eigenvalue weighted by molar-refractivity contribution is 7.99. The van der Waals surface area contributed by atoms with Crippen LogP contribution in [0.15, 0.2) is 34.2 Å². The molecule has 0 aliphatic carbocycles. The van der Waals surface area contributed by atoms with Crippen LogP contribution in [0.4, 0.5) is 4.39 Å². The Bertz CT molecular complexity index is 529. The molecule has 1 aromatic heterocycles. The molecule has 0 spiro atoms. The van der Waals surface area contributed by atoms with Gasteiger partial charge in [-0.1, -0.05) is 17.8 Å². The number of hydrogen-bond donors (Lipinski definition) is 2. The third-order valence-electron chi connectivity index (χ3n) is 1.73. The van der Waals surface area contributed by atoms with Gasteiger partial charge in [0.2, 0.25) is 5.69 Å². The minimum Gasteiger partial charge on any atom is -0.476 e. The molecule has 16 heavy (non-hydrogen) atoms.